The molecule has 0 fully saturated rings. The molecule has 2 rings (SSSR count). The van der Waals surface area contributed by atoms with E-state index in [0.29, 0.717) is 13.1 Å². The van der Waals surface area contributed by atoms with E-state index in [2.05, 4.69) is 45.3 Å². The highest BCUT2D eigenvalue weighted by atomic mass is 32.1. The molecule has 1 aromatic rings. The van der Waals surface area contributed by atoms with Crippen LogP contribution in [0.1, 0.15) is 58.1 Å². The number of hydrogen-bond donors (Lipinski definition) is 0. The Labute approximate surface area is 151 Å². The molecule has 0 saturated heterocycles. The summed E-state index contributed by atoms with van der Waals surface area (Å²) in [4.78, 5) is 15.6. The fraction of sp³-hybridized carbons (Fsp3) is 0.722. The first kappa shape index (κ1) is 19.5. The van der Waals surface area contributed by atoms with E-state index in [9.17, 15) is 4.79 Å². The van der Waals surface area contributed by atoms with Gasteiger partial charge in [0.05, 0.1) is 19.2 Å². The van der Waals surface area contributed by atoms with Gasteiger partial charge in [0.2, 0.25) is 0 Å². The van der Waals surface area contributed by atoms with Gasteiger partial charge in [-0.3, -0.25) is 0 Å². The molecule has 0 aromatic carbocycles. The number of ether oxygens (including phenoxy) is 1. The summed E-state index contributed by atoms with van der Waals surface area (Å²) in [6.45, 7) is 18.1. The van der Waals surface area contributed by atoms with Crippen LogP contribution in [-0.4, -0.2) is 31.5 Å². The van der Waals surface area contributed by atoms with Crippen LogP contribution in [0.4, 0.5) is 4.79 Å². The second kappa shape index (κ2) is 6.46. The van der Waals surface area contributed by atoms with E-state index in [1.54, 1.807) is 16.2 Å². The number of carbonyl (C=O) groups excluding carboxylic acids is 1. The Kier molecular flexibility index (Phi) is 5.24. The SMILES string of the molecule is CC(C)(C)OC(=O)N1Cc2ccsc2C(O[Si](C)(C)C(C)(C)C)C1. The van der Waals surface area contributed by atoms with Crippen LogP contribution in [0.5, 0.6) is 0 Å². The van der Waals surface area contributed by atoms with Crippen molar-refractivity contribution in [2.24, 2.45) is 0 Å². The molecule has 0 saturated carbocycles. The van der Waals surface area contributed by atoms with Crippen LogP contribution in [0.25, 0.3) is 0 Å². The molecule has 136 valence electrons. The zero-order valence-electron chi connectivity index (χ0n) is 16.2. The summed E-state index contributed by atoms with van der Waals surface area (Å²) in [5.74, 6) is 0. The number of carbonyl (C=O) groups is 1. The Morgan fingerprint density at radius 3 is 2.42 bits per heavy atom. The Hall–Kier alpha value is -0.853. The molecule has 0 radical (unpaired) electrons. The van der Waals surface area contributed by atoms with Crippen molar-refractivity contribution in [2.45, 2.75) is 77.9 Å². The molecule has 0 aliphatic carbocycles. The minimum absolute atomic E-state index is 0.0536. The zero-order valence-corrected chi connectivity index (χ0v) is 18.0. The third-order valence-corrected chi connectivity index (χ3v) is 10.3. The summed E-state index contributed by atoms with van der Waals surface area (Å²) in [6, 6.07) is 2.10. The lowest BCUT2D eigenvalue weighted by atomic mass is 10.1. The normalized spacial score (nSPS) is 19.2. The summed E-state index contributed by atoms with van der Waals surface area (Å²) in [7, 11) is -1.92. The van der Waals surface area contributed by atoms with Crippen molar-refractivity contribution in [3.8, 4) is 0 Å². The molecule has 0 bridgehead atoms. The van der Waals surface area contributed by atoms with Gasteiger partial charge in [0.25, 0.3) is 0 Å². The van der Waals surface area contributed by atoms with E-state index >= 15 is 0 Å². The second-order valence-electron chi connectivity index (χ2n) is 9.04. The Balaban J connectivity index is 2.22. The standard InChI is InChI=1S/C18H31NO3SSi/c1-17(2,3)21-16(20)19-11-13-9-10-23-15(13)14(12-19)22-24(7,8)18(4,5)6/h9-10,14H,11-12H2,1-8H3. The molecule has 4 nitrogen and oxygen atoms in total. The van der Waals surface area contributed by atoms with Gasteiger partial charge in [-0.15, -0.1) is 11.3 Å². The smallest absolute Gasteiger partial charge is 0.410 e. The first-order valence-electron chi connectivity index (χ1n) is 8.52. The van der Waals surface area contributed by atoms with Gasteiger partial charge >= 0.3 is 6.09 Å². The van der Waals surface area contributed by atoms with E-state index in [4.69, 9.17) is 9.16 Å². The molecule has 1 amide bonds. The van der Waals surface area contributed by atoms with Crippen molar-refractivity contribution < 1.29 is 14.0 Å². The summed E-state index contributed by atoms with van der Waals surface area (Å²) in [5.41, 5.74) is 0.697. The highest BCUT2D eigenvalue weighted by Crippen LogP contribution is 2.43. The fourth-order valence-electron chi connectivity index (χ4n) is 2.40. The lowest BCUT2D eigenvalue weighted by Gasteiger charge is -2.42. The molecule has 1 aliphatic rings. The van der Waals surface area contributed by atoms with Gasteiger partial charge in [0.15, 0.2) is 8.32 Å². The Morgan fingerprint density at radius 2 is 1.88 bits per heavy atom. The summed E-state index contributed by atoms with van der Waals surface area (Å²) in [5, 5.41) is 2.23. The monoisotopic (exact) mass is 369 g/mol. The van der Waals surface area contributed by atoms with Gasteiger partial charge in [-0.05, 0) is 55.9 Å². The lowest BCUT2D eigenvalue weighted by molar-refractivity contribution is 0.0104. The fourth-order valence-corrected chi connectivity index (χ4v) is 4.68. The zero-order chi connectivity index (χ0) is 18.3. The number of rotatable bonds is 2. The molecule has 0 N–H and O–H groups in total. The first-order valence-corrected chi connectivity index (χ1v) is 12.3. The molecule has 1 aliphatic heterocycles. The topological polar surface area (TPSA) is 38.8 Å². The third kappa shape index (κ3) is 4.40. The van der Waals surface area contributed by atoms with Gasteiger partial charge in [0, 0.05) is 4.88 Å². The second-order valence-corrected chi connectivity index (χ2v) is 14.7. The summed E-state index contributed by atoms with van der Waals surface area (Å²) >= 11 is 1.73. The minimum atomic E-state index is -1.92. The van der Waals surface area contributed by atoms with Crippen molar-refractivity contribution >= 4 is 25.7 Å². The van der Waals surface area contributed by atoms with Crippen molar-refractivity contribution in [3.63, 3.8) is 0 Å². The van der Waals surface area contributed by atoms with Crippen molar-refractivity contribution in [1.29, 1.82) is 0 Å². The number of hydrogen-bond acceptors (Lipinski definition) is 4. The maximum absolute atomic E-state index is 12.5. The molecule has 1 atom stereocenters. The van der Waals surface area contributed by atoms with Crippen LogP contribution in [-0.2, 0) is 15.7 Å². The molecule has 6 heteroatoms. The number of thiophene rings is 1. The number of amides is 1. The highest BCUT2D eigenvalue weighted by molar-refractivity contribution is 7.10. The van der Waals surface area contributed by atoms with Gasteiger partial charge in [-0.25, -0.2) is 4.79 Å². The van der Waals surface area contributed by atoms with Gasteiger partial charge < -0.3 is 14.1 Å². The molecule has 24 heavy (non-hydrogen) atoms. The molecule has 1 unspecified atom stereocenters. The Bertz CT molecular complexity index is 598. The van der Waals surface area contributed by atoms with E-state index in [1.165, 1.54) is 10.4 Å². The van der Waals surface area contributed by atoms with Crippen LogP contribution in [0.3, 0.4) is 0 Å². The molecular weight excluding hydrogens is 338 g/mol. The Morgan fingerprint density at radius 1 is 1.25 bits per heavy atom. The van der Waals surface area contributed by atoms with Gasteiger partial charge in [0.1, 0.15) is 5.60 Å². The summed E-state index contributed by atoms with van der Waals surface area (Å²) < 4.78 is 12.2. The van der Waals surface area contributed by atoms with Crippen LogP contribution < -0.4 is 0 Å². The molecule has 2 heterocycles. The predicted octanol–water partition coefficient (Wildman–Crippen LogP) is 5.56. The first-order chi connectivity index (χ1) is 10.8. The maximum Gasteiger partial charge on any atom is 0.410 e. The largest absolute Gasteiger partial charge is 0.444 e. The average molecular weight is 370 g/mol. The maximum atomic E-state index is 12.5. The van der Waals surface area contributed by atoms with Crippen molar-refractivity contribution in [2.75, 3.05) is 6.54 Å². The summed E-state index contributed by atoms with van der Waals surface area (Å²) in [6.07, 6.45) is -0.314. The minimum Gasteiger partial charge on any atom is -0.444 e. The van der Waals surface area contributed by atoms with Crippen LogP contribution in [0.2, 0.25) is 18.1 Å². The average Bonchev–Trinajstić information content (AvgIpc) is 2.83. The van der Waals surface area contributed by atoms with Gasteiger partial charge in [-0.1, -0.05) is 20.8 Å². The van der Waals surface area contributed by atoms with E-state index in [0.717, 1.165) is 0 Å². The van der Waals surface area contributed by atoms with Crippen LogP contribution in [0, 0.1) is 0 Å². The third-order valence-electron chi connectivity index (χ3n) is 4.72. The van der Waals surface area contributed by atoms with E-state index in [1.807, 2.05) is 20.8 Å². The van der Waals surface area contributed by atoms with E-state index < -0.39 is 13.9 Å². The van der Waals surface area contributed by atoms with Gasteiger partial charge in [-0.2, -0.15) is 0 Å². The highest BCUT2D eigenvalue weighted by Gasteiger charge is 2.42. The van der Waals surface area contributed by atoms with Crippen LogP contribution >= 0.6 is 11.3 Å². The van der Waals surface area contributed by atoms with Crippen molar-refractivity contribution in [1.82, 2.24) is 4.90 Å². The lowest BCUT2D eigenvalue weighted by Crippen LogP contribution is -2.47. The molecular formula is C18H31NO3SSi. The molecule has 0 spiro atoms. The van der Waals surface area contributed by atoms with Crippen molar-refractivity contribution in [3.05, 3.63) is 21.9 Å². The van der Waals surface area contributed by atoms with E-state index in [-0.39, 0.29) is 17.2 Å². The predicted molar refractivity (Wildman–Crippen MR) is 102 cm³/mol. The quantitative estimate of drug-likeness (QED) is 0.640. The number of fused-ring (bicyclic) bond motifs is 1. The number of nitrogens with zero attached hydrogens (tertiary/aromatic N) is 1. The molecule has 1 aromatic heterocycles. The van der Waals surface area contributed by atoms with Crippen LogP contribution in [0.15, 0.2) is 11.4 Å².